The molecular formula is C20H19F2N3O2. The number of aromatic nitrogens is 2. The van der Waals surface area contributed by atoms with Crippen molar-refractivity contribution in [2.45, 2.75) is 32.8 Å². The SMILES string of the molecule is COc1cc(-c2cnc3cc(C(C)(C)C#N)ccn23)cc(OC(F)F)c1C. The Morgan fingerprint density at radius 2 is 1.93 bits per heavy atom. The maximum absolute atomic E-state index is 12.7. The van der Waals surface area contributed by atoms with Crippen LogP contribution in [0.1, 0.15) is 25.0 Å². The summed E-state index contributed by atoms with van der Waals surface area (Å²) in [6.07, 6.45) is 3.46. The van der Waals surface area contributed by atoms with Crippen LogP contribution in [0.3, 0.4) is 0 Å². The van der Waals surface area contributed by atoms with Crippen molar-refractivity contribution in [3.8, 4) is 28.8 Å². The van der Waals surface area contributed by atoms with Gasteiger partial charge in [0.2, 0.25) is 0 Å². The van der Waals surface area contributed by atoms with Gasteiger partial charge in [-0.05, 0) is 50.6 Å². The van der Waals surface area contributed by atoms with Gasteiger partial charge in [-0.3, -0.25) is 4.40 Å². The highest BCUT2D eigenvalue weighted by molar-refractivity contribution is 5.69. The lowest BCUT2D eigenvalue weighted by Gasteiger charge is -2.16. The number of fused-ring (bicyclic) bond motifs is 1. The Kier molecular flexibility index (Phi) is 4.75. The number of pyridine rings is 1. The standard InChI is InChI=1S/C20H19F2N3O2/c1-12-16(26-4)7-13(8-17(12)27-19(21)22)15-10-24-18-9-14(5-6-25(15)18)20(2,3)11-23/h5-10,19H,1-4H3. The maximum atomic E-state index is 12.7. The number of rotatable bonds is 5. The molecule has 0 aliphatic heterocycles. The normalized spacial score (nSPS) is 11.6. The van der Waals surface area contributed by atoms with Gasteiger partial charge >= 0.3 is 6.61 Å². The van der Waals surface area contributed by atoms with Crippen molar-refractivity contribution in [3.63, 3.8) is 0 Å². The molecule has 0 radical (unpaired) electrons. The van der Waals surface area contributed by atoms with Crippen LogP contribution in [0.4, 0.5) is 8.78 Å². The Morgan fingerprint density at radius 1 is 1.22 bits per heavy atom. The highest BCUT2D eigenvalue weighted by Crippen LogP contribution is 2.36. The highest BCUT2D eigenvalue weighted by Gasteiger charge is 2.21. The maximum Gasteiger partial charge on any atom is 0.387 e. The van der Waals surface area contributed by atoms with Crippen molar-refractivity contribution in [3.05, 3.63) is 47.8 Å². The molecule has 1 aromatic carbocycles. The molecule has 0 N–H and O–H groups in total. The monoisotopic (exact) mass is 371 g/mol. The van der Waals surface area contributed by atoms with E-state index in [0.29, 0.717) is 28.2 Å². The smallest absolute Gasteiger partial charge is 0.387 e. The van der Waals surface area contributed by atoms with Crippen LogP contribution in [-0.4, -0.2) is 23.1 Å². The van der Waals surface area contributed by atoms with E-state index in [1.165, 1.54) is 7.11 Å². The molecule has 7 heteroatoms. The van der Waals surface area contributed by atoms with Gasteiger partial charge in [0.15, 0.2) is 0 Å². The van der Waals surface area contributed by atoms with Crippen LogP contribution in [0.2, 0.25) is 0 Å². The summed E-state index contributed by atoms with van der Waals surface area (Å²) >= 11 is 0. The number of ether oxygens (including phenoxy) is 2. The van der Waals surface area contributed by atoms with Crippen molar-refractivity contribution in [2.24, 2.45) is 0 Å². The Morgan fingerprint density at radius 3 is 2.56 bits per heavy atom. The Balaban J connectivity index is 2.14. The van der Waals surface area contributed by atoms with E-state index in [9.17, 15) is 14.0 Å². The predicted molar refractivity (Wildman–Crippen MR) is 97.2 cm³/mol. The molecule has 0 saturated heterocycles. The lowest BCUT2D eigenvalue weighted by atomic mass is 9.87. The van der Waals surface area contributed by atoms with Crippen molar-refractivity contribution >= 4 is 5.65 Å². The Labute approximate surface area is 155 Å². The lowest BCUT2D eigenvalue weighted by Crippen LogP contribution is -2.14. The first kappa shape index (κ1) is 18.6. The van der Waals surface area contributed by atoms with E-state index in [1.54, 1.807) is 25.3 Å². The van der Waals surface area contributed by atoms with Gasteiger partial charge in [0.05, 0.1) is 30.5 Å². The first-order chi connectivity index (χ1) is 12.8. The third kappa shape index (κ3) is 3.43. The second-order valence-corrected chi connectivity index (χ2v) is 6.70. The molecule has 3 rings (SSSR count). The van der Waals surface area contributed by atoms with Gasteiger partial charge in [0.1, 0.15) is 17.1 Å². The zero-order valence-electron chi connectivity index (χ0n) is 15.5. The molecule has 5 nitrogen and oxygen atoms in total. The molecule has 2 heterocycles. The van der Waals surface area contributed by atoms with Crippen LogP contribution in [-0.2, 0) is 5.41 Å². The largest absolute Gasteiger partial charge is 0.496 e. The zero-order chi connectivity index (χ0) is 19.8. The van der Waals surface area contributed by atoms with E-state index in [-0.39, 0.29) is 5.75 Å². The number of halogens is 2. The quantitative estimate of drug-likeness (QED) is 0.651. The van der Waals surface area contributed by atoms with Crippen LogP contribution in [0.15, 0.2) is 36.7 Å². The number of alkyl halides is 2. The first-order valence-electron chi connectivity index (χ1n) is 8.29. The number of imidazole rings is 1. The number of nitrogens with zero attached hydrogens (tertiary/aromatic N) is 3. The summed E-state index contributed by atoms with van der Waals surface area (Å²) in [7, 11) is 1.48. The summed E-state index contributed by atoms with van der Waals surface area (Å²) in [5, 5.41) is 9.32. The van der Waals surface area contributed by atoms with E-state index >= 15 is 0 Å². The number of methoxy groups -OCH3 is 1. The molecule has 0 fully saturated rings. The molecule has 3 aromatic rings. The van der Waals surface area contributed by atoms with Crippen LogP contribution < -0.4 is 9.47 Å². The molecule has 0 spiro atoms. The number of hydrogen-bond acceptors (Lipinski definition) is 4. The predicted octanol–water partition coefficient (Wildman–Crippen LogP) is 4.72. The van der Waals surface area contributed by atoms with Crippen LogP contribution in [0.5, 0.6) is 11.5 Å². The van der Waals surface area contributed by atoms with Crippen molar-refractivity contribution in [1.82, 2.24) is 9.38 Å². The fourth-order valence-electron chi connectivity index (χ4n) is 2.89. The van der Waals surface area contributed by atoms with Gasteiger partial charge < -0.3 is 9.47 Å². The fraction of sp³-hybridized carbons (Fsp3) is 0.300. The third-order valence-corrected chi connectivity index (χ3v) is 4.56. The molecule has 0 aliphatic carbocycles. The molecule has 0 amide bonds. The van der Waals surface area contributed by atoms with Crippen molar-refractivity contribution in [2.75, 3.05) is 7.11 Å². The second kappa shape index (κ2) is 6.88. The van der Waals surface area contributed by atoms with Gasteiger partial charge in [-0.2, -0.15) is 14.0 Å². The highest BCUT2D eigenvalue weighted by atomic mass is 19.3. The molecule has 0 atom stereocenters. The van der Waals surface area contributed by atoms with E-state index in [1.807, 2.05) is 36.6 Å². The van der Waals surface area contributed by atoms with E-state index in [4.69, 9.17) is 4.74 Å². The minimum Gasteiger partial charge on any atom is -0.496 e. The average Bonchev–Trinajstić information content (AvgIpc) is 3.06. The van der Waals surface area contributed by atoms with Crippen LogP contribution >= 0.6 is 0 Å². The first-order valence-corrected chi connectivity index (χ1v) is 8.29. The average molecular weight is 371 g/mol. The second-order valence-electron chi connectivity index (χ2n) is 6.70. The van der Waals surface area contributed by atoms with Gasteiger partial charge in [-0.15, -0.1) is 0 Å². The number of nitriles is 1. The van der Waals surface area contributed by atoms with Gasteiger partial charge in [-0.25, -0.2) is 4.98 Å². The Hall–Kier alpha value is -3.14. The van der Waals surface area contributed by atoms with E-state index < -0.39 is 12.0 Å². The zero-order valence-corrected chi connectivity index (χ0v) is 15.5. The topological polar surface area (TPSA) is 59.5 Å². The van der Waals surface area contributed by atoms with E-state index in [2.05, 4.69) is 15.8 Å². The van der Waals surface area contributed by atoms with Crippen molar-refractivity contribution in [1.29, 1.82) is 5.26 Å². The van der Waals surface area contributed by atoms with Crippen LogP contribution in [0.25, 0.3) is 16.9 Å². The summed E-state index contributed by atoms with van der Waals surface area (Å²) in [4.78, 5) is 4.40. The Bertz CT molecular complexity index is 1040. The summed E-state index contributed by atoms with van der Waals surface area (Å²) in [6.45, 7) is 2.40. The summed E-state index contributed by atoms with van der Waals surface area (Å²) in [6, 6.07) is 9.26. The molecule has 0 bridgehead atoms. The van der Waals surface area contributed by atoms with Crippen LogP contribution in [0, 0.1) is 18.3 Å². The molecular weight excluding hydrogens is 352 g/mol. The lowest BCUT2D eigenvalue weighted by molar-refractivity contribution is -0.0503. The summed E-state index contributed by atoms with van der Waals surface area (Å²) in [5.41, 5.74) is 2.68. The summed E-state index contributed by atoms with van der Waals surface area (Å²) in [5.74, 6) is 0.497. The minimum atomic E-state index is -2.93. The number of benzene rings is 1. The molecule has 0 unspecified atom stereocenters. The van der Waals surface area contributed by atoms with Gasteiger partial charge in [-0.1, -0.05) is 0 Å². The molecule has 0 aliphatic rings. The number of hydrogen-bond donors (Lipinski definition) is 0. The molecule has 27 heavy (non-hydrogen) atoms. The third-order valence-electron chi connectivity index (χ3n) is 4.56. The van der Waals surface area contributed by atoms with Gasteiger partial charge in [0.25, 0.3) is 0 Å². The molecule has 0 saturated carbocycles. The van der Waals surface area contributed by atoms with Crippen molar-refractivity contribution < 1.29 is 18.3 Å². The molecule has 2 aromatic heterocycles. The fourth-order valence-corrected chi connectivity index (χ4v) is 2.89. The van der Waals surface area contributed by atoms with E-state index in [0.717, 1.165) is 5.56 Å². The van der Waals surface area contributed by atoms with Gasteiger partial charge in [0, 0.05) is 17.3 Å². The molecule has 140 valence electrons. The minimum absolute atomic E-state index is 0.0523. The summed E-state index contributed by atoms with van der Waals surface area (Å²) < 4.78 is 37.3.